The Labute approximate surface area is 127 Å². The number of carbonyl (C=O) groups is 1. The fourth-order valence-electron chi connectivity index (χ4n) is 2.30. The van der Waals surface area contributed by atoms with Crippen LogP contribution >= 0.6 is 11.6 Å². The molecule has 4 nitrogen and oxygen atoms in total. The van der Waals surface area contributed by atoms with E-state index in [9.17, 15) is 4.79 Å². The van der Waals surface area contributed by atoms with E-state index in [2.05, 4.69) is 10.3 Å². The largest absolute Gasteiger partial charge is 0.347 e. The number of hydrogen-bond acceptors (Lipinski definition) is 2. The van der Waals surface area contributed by atoms with Gasteiger partial charge in [0.15, 0.2) is 0 Å². The summed E-state index contributed by atoms with van der Waals surface area (Å²) in [6, 6.07) is 11.2. The van der Waals surface area contributed by atoms with Crippen LogP contribution in [0.3, 0.4) is 0 Å². The van der Waals surface area contributed by atoms with Crippen molar-refractivity contribution in [2.75, 3.05) is 0 Å². The Kier molecular flexibility index (Phi) is 3.62. The number of hydrogen-bond donors (Lipinski definition) is 1. The molecule has 0 aliphatic carbocycles. The van der Waals surface area contributed by atoms with Crippen LogP contribution in [-0.2, 0) is 13.6 Å². The molecule has 0 bridgehead atoms. The van der Waals surface area contributed by atoms with Crippen molar-refractivity contribution in [2.45, 2.75) is 6.54 Å². The highest BCUT2D eigenvalue weighted by atomic mass is 35.5. The molecule has 2 aromatic heterocycles. The first kappa shape index (κ1) is 13.6. The summed E-state index contributed by atoms with van der Waals surface area (Å²) < 4.78 is 1.84. The van der Waals surface area contributed by atoms with Gasteiger partial charge in [-0.2, -0.15) is 0 Å². The van der Waals surface area contributed by atoms with Gasteiger partial charge in [-0.15, -0.1) is 0 Å². The van der Waals surface area contributed by atoms with E-state index in [1.807, 2.05) is 48.0 Å². The van der Waals surface area contributed by atoms with E-state index in [0.29, 0.717) is 17.3 Å². The average Bonchev–Trinajstić information content (AvgIpc) is 2.84. The minimum Gasteiger partial charge on any atom is -0.347 e. The number of halogens is 1. The maximum absolute atomic E-state index is 12.3. The van der Waals surface area contributed by atoms with Crippen molar-refractivity contribution in [3.05, 3.63) is 65.1 Å². The standard InChI is InChI=1S/C16H14ClN3O/c1-20-14(8-11-6-7-18-10-15(11)20)16(21)19-9-12-4-2-3-5-13(12)17/h2-8,10H,9H2,1H3,(H,19,21). The van der Waals surface area contributed by atoms with Crippen molar-refractivity contribution < 1.29 is 4.79 Å². The lowest BCUT2D eigenvalue weighted by atomic mass is 10.2. The molecule has 0 aliphatic heterocycles. The summed E-state index contributed by atoms with van der Waals surface area (Å²) in [5.74, 6) is -0.131. The molecule has 0 saturated heterocycles. The van der Waals surface area contributed by atoms with Crippen LogP contribution in [0.25, 0.3) is 10.9 Å². The first-order valence-electron chi connectivity index (χ1n) is 6.58. The fourth-order valence-corrected chi connectivity index (χ4v) is 2.50. The number of nitrogens with zero attached hydrogens (tertiary/aromatic N) is 2. The van der Waals surface area contributed by atoms with Crippen LogP contribution in [0.1, 0.15) is 16.1 Å². The maximum atomic E-state index is 12.3. The SMILES string of the molecule is Cn1c(C(=O)NCc2ccccc2Cl)cc2ccncc21. The van der Waals surface area contributed by atoms with E-state index in [4.69, 9.17) is 11.6 Å². The highest BCUT2D eigenvalue weighted by Gasteiger charge is 2.13. The van der Waals surface area contributed by atoms with Gasteiger partial charge in [0, 0.05) is 30.2 Å². The molecule has 1 amide bonds. The zero-order chi connectivity index (χ0) is 14.8. The van der Waals surface area contributed by atoms with Crippen LogP contribution in [0.4, 0.5) is 0 Å². The summed E-state index contributed by atoms with van der Waals surface area (Å²) >= 11 is 6.08. The van der Waals surface area contributed by atoms with Crippen LogP contribution in [0.15, 0.2) is 48.8 Å². The summed E-state index contributed by atoms with van der Waals surface area (Å²) in [6.45, 7) is 0.401. The summed E-state index contributed by atoms with van der Waals surface area (Å²) in [7, 11) is 1.86. The molecule has 0 spiro atoms. The van der Waals surface area contributed by atoms with Crippen LogP contribution in [0.5, 0.6) is 0 Å². The molecular weight excluding hydrogens is 286 g/mol. The Morgan fingerprint density at radius 1 is 1.33 bits per heavy atom. The van der Waals surface area contributed by atoms with Crippen molar-refractivity contribution in [1.29, 1.82) is 0 Å². The van der Waals surface area contributed by atoms with E-state index < -0.39 is 0 Å². The predicted octanol–water partition coefficient (Wildman–Crippen LogP) is 3.16. The third-order valence-corrected chi connectivity index (χ3v) is 3.85. The number of rotatable bonds is 3. The first-order valence-corrected chi connectivity index (χ1v) is 6.95. The summed E-state index contributed by atoms with van der Waals surface area (Å²) in [5, 5.41) is 4.54. The van der Waals surface area contributed by atoms with Gasteiger partial charge in [0.1, 0.15) is 5.69 Å². The Morgan fingerprint density at radius 2 is 2.14 bits per heavy atom. The number of amides is 1. The Morgan fingerprint density at radius 3 is 2.90 bits per heavy atom. The monoisotopic (exact) mass is 299 g/mol. The minimum absolute atomic E-state index is 0.131. The molecule has 1 N–H and O–H groups in total. The maximum Gasteiger partial charge on any atom is 0.268 e. The molecule has 0 saturated carbocycles. The topological polar surface area (TPSA) is 46.9 Å². The van der Waals surface area contributed by atoms with E-state index >= 15 is 0 Å². The lowest BCUT2D eigenvalue weighted by Crippen LogP contribution is -2.24. The summed E-state index contributed by atoms with van der Waals surface area (Å²) in [5.41, 5.74) is 2.43. The summed E-state index contributed by atoms with van der Waals surface area (Å²) in [6.07, 6.45) is 3.47. The lowest BCUT2D eigenvalue weighted by molar-refractivity contribution is 0.0943. The Hall–Kier alpha value is -2.33. The number of benzene rings is 1. The number of aromatic nitrogens is 2. The molecule has 3 rings (SSSR count). The van der Waals surface area contributed by atoms with Gasteiger partial charge in [0.2, 0.25) is 0 Å². The molecule has 0 atom stereocenters. The molecule has 2 heterocycles. The normalized spacial score (nSPS) is 10.8. The number of pyridine rings is 1. The quantitative estimate of drug-likeness (QED) is 0.807. The van der Waals surface area contributed by atoms with Gasteiger partial charge in [0.25, 0.3) is 5.91 Å². The predicted molar refractivity (Wildman–Crippen MR) is 83.3 cm³/mol. The Bertz CT molecular complexity index is 810. The van der Waals surface area contributed by atoms with Crippen molar-refractivity contribution >= 4 is 28.4 Å². The molecule has 0 fully saturated rings. The van der Waals surface area contributed by atoms with Gasteiger partial charge in [-0.25, -0.2) is 0 Å². The van der Waals surface area contributed by atoms with Gasteiger partial charge in [-0.05, 0) is 23.8 Å². The average molecular weight is 300 g/mol. The third kappa shape index (κ3) is 2.62. The smallest absolute Gasteiger partial charge is 0.268 e. The molecule has 3 aromatic rings. The molecule has 0 radical (unpaired) electrons. The molecular formula is C16H14ClN3O. The lowest BCUT2D eigenvalue weighted by Gasteiger charge is -2.07. The van der Waals surface area contributed by atoms with Crippen molar-refractivity contribution in [2.24, 2.45) is 7.05 Å². The van der Waals surface area contributed by atoms with Gasteiger partial charge in [-0.3, -0.25) is 9.78 Å². The van der Waals surface area contributed by atoms with Crippen LogP contribution in [0.2, 0.25) is 5.02 Å². The van der Waals surface area contributed by atoms with Crippen molar-refractivity contribution in [3.63, 3.8) is 0 Å². The first-order chi connectivity index (χ1) is 10.2. The molecule has 21 heavy (non-hydrogen) atoms. The van der Waals surface area contributed by atoms with Gasteiger partial charge >= 0.3 is 0 Å². The van der Waals surface area contributed by atoms with Gasteiger partial charge < -0.3 is 9.88 Å². The second-order valence-electron chi connectivity index (χ2n) is 4.80. The van der Waals surface area contributed by atoms with Crippen LogP contribution in [0, 0.1) is 0 Å². The van der Waals surface area contributed by atoms with Crippen molar-refractivity contribution in [3.8, 4) is 0 Å². The number of aryl methyl sites for hydroxylation is 1. The fraction of sp³-hybridized carbons (Fsp3) is 0.125. The zero-order valence-electron chi connectivity index (χ0n) is 11.5. The van der Waals surface area contributed by atoms with E-state index in [-0.39, 0.29) is 5.91 Å². The second-order valence-corrected chi connectivity index (χ2v) is 5.20. The number of carbonyl (C=O) groups excluding carboxylic acids is 1. The summed E-state index contributed by atoms with van der Waals surface area (Å²) in [4.78, 5) is 16.4. The van der Waals surface area contributed by atoms with Crippen LogP contribution < -0.4 is 5.32 Å². The van der Waals surface area contributed by atoms with Crippen molar-refractivity contribution in [1.82, 2.24) is 14.9 Å². The zero-order valence-corrected chi connectivity index (χ0v) is 12.3. The highest BCUT2D eigenvalue weighted by Crippen LogP contribution is 2.18. The van der Waals surface area contributed by atoms with Gasteiger partial charge in [-0.1, -0.05) is 29.8 Å². The molecule has 0 aliphatic rings. The molecule has 106 valence electrons. The Balaban J connectivity index is 1.81. The van der Waals surface area contributed by atoms with E-state index in [0.717, 1.165) is 16.5 Å². The molecule has 0 unspecified atom stereocenters. The van der Waals surface area contributed by atoms with E-state index in [1.54, 1.807) is 12.4 Å². The van der Waals surface area contributed by atoms with E-state index in [1.165, 1.54) is 0 Å². The molecule has 5 heteroatoms. The highest BCUT2D eigenvalue weighted by molar-refractivity contribution is 6.31. The molecule has 1 aromatic carbocycles. The minimum atomic E-state index is -0.131. The number of fused-ring (bicyclic) bond motifs is 1. The van der Waals surface area contributed by atoms with Gasteiger partial charge in [0.05, 0.1) is 11.7 Å². The second kappa shape index (κ2) is 5.58. The van der Waals surface area contributed by atoms with Crippen LogP contribution in [-0.4, -0.2) is 15.5 Å². The number of nitrogens with one attached hydrogen (secondary N) is 1. The third-order valence-electron chi connectivity index (χ3n) is 3.48.